The number of nitrogens with zero attached hydrogens (tertiary/aromatic N) is 5. The van der Waals surface area contributed by atoms with Crippen molar-refractivity contribution < 1.29 is 18.7 Å². The first kappa shape index (κ1) is 28.0. The number of carbonyl (C=O) groups is 1. The second-order valence-electron chi connectivity index (χ2n) is 12.6. The SMILES string of the molecule is C=Cc1cc2c(N3C[C@H]4CC[C@@H](C3)N4C(=O)OC(C)(C)C)nc(OC[C@@]34CCCN3C[C@H](F)C4)nc2c(Cl)c1Br. The minimum absolute atomic E-state index is 0.0127. The molecule has 2 bridgehead atoms. The molecule has 4 fully saturated rings. The number of halogens is 3. The second kappa shape index (κ2) is 10.3. The van der Waals surface area contributed by atoms with Crippen LogP contribution in [0.2, 0.25) is 5.02 Å². The van der Waals surface area contributed by atoms with Crippen molar-refractivity contribution in [1.29, 1.82) is 0 Å². The Morgan fingerprint density at radius 2 is 2.00 bits per heavy atom. The van der Waals surface area contributed by atoms with Gasteiger partial charge in [0, 0.05) is 35.9 Å². The van der Waals surface area contributed by atoms with Gasteiger partial charge in [0.05, 0.1) is 28.2 Å². The molecule has 1 aromatic heterocycles. The summed E-state index contributed by atoms with van der Waals surface area (Å²) in [5.41, 5.74) is 0.556. The van der Waals surface area contributed by atoms with Crippen LogP contribution in [0, 0.1) is 0 Å². The molecule has 0 unspecified atom stereocenters. The maximum atomic E-state index is 14.4. The van der Waals surface area contributed by atoms with Gasteiger partial charge in [0.15, 0.2) is 0 Å². The Kier molecular flexibility index (Phi) is 7.19. The first-order chi connectivity index (χ1) is 19.0. The molecule has 5 heterocycles. The number of hydrogen-bond acceptors (Lipinski definition) is 7. The van der Waals surface area contributed by atoms with Gasteiger partial charge >= 0.3 is 12.1 Å². The van der Waals surface area contributed by atoms with Crippen molar-refractivity contribution in [3.63, 3.8) is 0 Å². The van der Waals surface area contributed by atoms with Gasteiger partial charge in [-0.15, -0.1) is 0 Å². The van der Waals surface area contributed by atoms with Crippen LogP contribution in [0.1, 0.15) is 58.4 Å². The summed E-state index contributed by atoms with van der Waals surface area (Å²) >= 11 is 10.4. The molecule has 0 aliphatic carbocycles. The zero-order valence-corrected chi connectivity index (χ0v) is 25.6. The van der Waals surface area contributed by atoms with E-state index in [4.69, 9.17) is 31.0 Å². The van der Waals surface area contributed by atoms with E-state index in [2.05, 4.69) is 32.3 Å². The van der Waals surface area contributed by atoms with Gasteiger partial charge in [0.1, 0.15) is 24.2 Å². The number of amides is 1. The van der Waals surface area contributed by atoms with E-state index >= 15 is 0 Å². The van der Waals surface area contributed by atoms with Gasteiger partial charge in [0.2, 0.25) is 0 Å². The molecule has 2 aromatic rings. The Labute approximate surface area is 248 Å². The van der Waals surface area contributed by atoms with Crippen molar-refractivity contribution in [3.05, 3.63) is 27.7 Å². The highest BCUT2D eigenvalue weighted by Gasteiger charge is 2.50. The molecule has 4 aliphatic heterocycles. The fourth-order valence-electron chi connectivity index (χ4n) is 6.98. The standard InChI is InChI=1S/C29H36BrClFN5O3/c1-5-17-11-21-24(23(31)22(17)30)33-26(39-16-29-9-6-10-36(29)13-18(32)12-29)34-25(21)35-14-19-7-8-20(15-35)37(19)27(38)40-28(2,3)4/h5,11,18-20H,1,6-10,12-16H2,2-4H3/t18-,19-,20+,29+/m1/s1. The van der Waals surface area contributed by atoms with E-state index in [0.29, 0.717) is 53.5 Å². The van der Waals surface area contributed by atoms with Crippen molar-refractivity contribution in [2.24, 2.45) is 0 Å². The molecular formula is C29H36BrClFN5O3. The van der Waals surface area contributed by atoms with Crippen LogP contribution in [0.4, 0.5) is 15.0 Å². The van der Waals surface area contributed by atoms with Gasteiger partial charge in [-0.3, -0.25) is 9.80 Å². The molecule has 11 heteroatoms. The number of ether oxygens (including phenoxy) is 2. The molecule has 0 N–H and O–H groups in total. The number of carbonyl (C=O) groups excluding carboxylic acids is 1. The Hall–Kier alpha value is -2.17. The lowest BCUT2D eigenvalue weighted by Crippen LogP contribution is -2.57. The van der Waals surface area contributed by atoms with Gasteiger partial charge in [-0.25, -0.2) is 9.18 Å². The van der Waals surface area contributed by atoms with Gasteiger partial charge in [0.25, 0.3) is 0 Å². The van der Waals surface area contributed by atoms with Crippen LogP contribution in [-0.4, -0.2) is 88.0 Å². The van der Waals surface area contributed by atoms with Crippen molar-refractivity contribution in [3.8, 4) is 6.01 Å². The predicted octanol–water partition coefficient (Wildman–Crippen LogP) is 6.23. The number of hydrogen-bond donors (Lipinski definition) is 0. The molecule has 8 nitrogen and oxygen atoms in total. The Balaban J connectivity index is 1.34. The topological polar surface area (TPSA) is 71.0 Å². The van der Waals surface area contributed by atoms with Crippen molar-refractivity contribution in [2.45, 2.75) is 82.3 Å². The predicted molar refractivity (Wildman–Crippen MR) is 158 cm³/mol. The minimum Gasteiger partial charge on any atom is -0.461 e. The monoisotopic (exact) mass is 635 g/mol. The summed E-state index contributed by atoms with van der Waals surface area (Å²) in [4.78, 5) is 29.0. The molecule has 4 saturated heterocycles. The number of anilines is 1. The summed E-state index contributed by atoms with van der Waals surface area (Å²) in [6.45, 7) is 12.5. The smallest absolute Gasteiger partial charge is 0.410 e. The van der Waals surface area contributed by atoms with E-state index in [1.807, 2.05) is 31.7 Å². The molecule has 0 saturated carbocycles. The third-order valence-corrected chi connectivity index (χ3v) is 10.1. The normalized spacial score (nSPS) is 28.3. The molecule has 4 aliphatic rings. The van der Waals surface area contributed by atoms with E-state index < -0.39 is 11.8 Å². The average Bonchev–Trinajstić information content (AvgIpc) is 3.50. The summed E-state index contributed by atoms with van der Waals surface area (Å²) in [5.74, 6) is 0.716. The van der Waals surface area contributed by atoms with Gasteiger partial charge in [-0.05, 0) is 80.6 Å². The van der Waals surface area contributed by atoms with Crippen LogP contribution in [0.25, 0.3) is 17.0 Å². The molecule has 6 rings (SSSR count). The molecule has 40 heavy (non-hydrogen) atoms. The van der Waals surface area contributed by atoms with Crippen LogP contribution in [0.15, 0.2) is 17.1 Å². The lowest BCUT2D eigenvalue weighted by molar-refractivity contribution is 0.0122. The van der Waals surface area contributed by atoms with Crippen LogP contribution in [0.3, 0.4) is 0 Å². The molecule has 4 atom stereocenters. The van der Waals surface area contributed by atoms with E-state index in [1.165, 1.54) is 0 Å². The van der Waals surface area contributed by atoms with Crippen LogP contribution >= 0.6 is 27.5 Å². The average molecular weight is 637 g/mol. The third kappa shape index (κ3) is 4.94. The van der Waals surface area contributed by atoms with E-state index in [-0.39, 0.29) is 29.7 Å². The number of piperazine rings is 1. The lowest BCUT2D eigenvalue weighted by atomic mass is 9.95. The molecule has 216 valence electrons. The summed E-state index contributed by atoms with van der Waals surface area (Å²) in [6.07, 6.45) is 4.86. The van der Waals surface area contributed by atoms with Crippen LogP contribution < -0.4 is 9.64 Å². The van der Waals surface area contributed by atoms with E-state index in [0.717, 1.165) is 43.2 Å². The van der Waals surface area contributed by atoms with E-state index in [9.17, 15) is 9.18 Å². The first-order valence-electron chi connectivity index (χ1n) is 14.1. The fourth-order valence-corrected chi connectivity index (χ4v) is 7.70. The lowest BCUT2D eigenvalue weighted by Gasteiger charge is -2.42. The number of aromatic nitrogens is 2. The van der Waals surface area contributed by atoms with Crippen LogP contribution in [-0.2, 0) is 4.74 Å². The second-order valence-corrected chi connectivity index (χ2v) is 13.7. The van der Waals surface area contributed by atoms with Crippen LogP contribution in [0.5, 0.6) is 6.01 Å². The highest BCUT2D eigenvalue weighted by Crippen LogP contribution is 2.43. The summed E-state index contributed by atoms with van der Waals surface area (Å²) in [6, 6.07) is 2.24. The van der Waals surface area contributed by atoms with Crippen molar-refractivity contribution in [2.75, 3.05) is 37.7 Å². The van der Waals surface area contributed by atoms with Crippen molar-refractivity contribution >= 4 is 56.4 Å². The molecule has 0 radical (unpaired) electrons. The Morgan fingerprint density at radius 3 is 2.67 bits per heavy atom. The summed E-state index contributed by atoms with van der Waals surface area (Å²) in [5, 5.41) is 1.26. The number of fused-ring (bicyclic) bond motifs is 4. The van der Waals surface area contributed by atoms with E-state index in [1.54, 1.807) is 6.08 Å². The third-order valence-electron chi connectivity index (χ3n) is 8.70. The number of alkyl halides is 1. The molecule has 0 spiro atoms. The first-order valence-corrected chi connectivity index (χ1v) is 15.3. The largest absolute Gasteiger partial charge is 0.461 e. The highest BCUT2D eigenvalue weighted by atomic mass is 79.9. The van der Waals surface area contributed by atoms with Gasteiger partial charge in [-0.2, -0.15) is 9.97 Å². The Bertz CT molecular complexity index is 1340. The quantitative estimate of drug-likeness (QED) is 0.385. The zero-order chi connectivity index (χ0) is 28.4. The number of benzene rings is 1. The highest BCUT2D eigenvalue weighted by molar-refractivity contribution is 9.10. The summed E-state index contributed by atoms with van der Waals surface area (Å²) in [7, 11) is 0. The molecule has 1 aromatic carbocycles. The van der Waals surface area contributed by atoms with Gasteiger partial charge < -0.3 is 14.4 Å². The van der Waals surface area contributed by atoms with Gasteiger partial charge in [-0.1, -0.05) is 24.3 Å². The summed E-state index contributed by atoms with van der Waals surface area (Å²) < 4.78 is 27.1. The fraction of sp³-hybridized carbons (Fsp3) is 0.621. The number of rotatable bonds is 5. The Morgan fingerprint density at radius 1 is 1.27 bits per heavy atom. The zero-order valence-electron chi connectivity index (χ0n) is 23.3. The maximum absolute atomic E-state index is 14.4. The maximum Gasteiger partial charge on any atom is 0.410 e. The minimum atomic E-state index is -0.837. The molecule has 1 amide bonds. The molecular weight excluding hydrogens is 601 g/mol. The van der Waals surface area contributed by atoms with Crippen molar-refractivity contribution in [1.82, 2.24) is 19.8 Å².